The zero-order valence-corrected chi connectivity index (χ0v) is 10.6. The van der Waals surface area contributed by atoms with Crippen LogP contribution in [0, 0.1) is 5.92 Å². The SMILES string of the molecule is OC(CC1CCOCC1)C1CN2CCN1CC2. The molecular weight excluding hydrogens is 216 g/mol. The number of rotatable bonds is 3. The first-order valence-corrected chi connectivity index (χ1v) is 7.05. The summed E-state index contributed by atoms with van der Waals surface area (Å²) in [7, 11) is 0. The molecule has 4 saturated heterocycles. The van der Waals surface area contributed by atoms with Crippen molar-refractivity contribution in [3.8, 4) is 0 Å². The maximum absolute atomic E-state index is 10.4. The predicted octanol–water partition coefficient (Wildman–Crippen LogP) is 0.164. The van der Waals surface area contributed by atoms with Gasteiger partial charge in [-0.3, -0.25) is 9.80 Å². The monoisotopic (exact) mass is 240 g/mol. The molecule has 17 heavy (non-hydrogen) atoms. The molecule has 4 nitrogen and oxygen atoms in total. The van der Waals surface area contributed by atoms with Crippen LogP contribution in [0.2, 0.25) is 0 Å². The summed E-state index contributed by atoms with van der Waals surface area (Å²) in [6.45, 7) is 7.53. The summed E-state index contributed by atoms with van der Waals surface area (Å²) in [6, 6.07) is 0.389. The zero-order chi connectivity index (χ0) is 11.7. The maximum Gasteiger partial charge on any atom is 0.0710 e. The molecule has 4 aliphatic rings. The first kappa shape index (κ1) is 11.9. The molecule has 1 N–H and O–H groups in total. The van der Waals surface area contributed by atoms with Crippen LogP contribution in [0.5, 0.6) is 0 Å². The fourth-order valence-electron chi connectivity index (χ4n) is 3.50. The van der Waals surface area contributed by atoms with E-state index in [0.717, 1.165) is 52.1 Å². The Balaban J connectivity index is 1.53. The fraction of sp³-hybridized carbons (Fsp3) is 1.00. The molecule has 0 saturated carbocycles. The van der Waals surface area contributed by atoms with Gasteiger partial charge in [0.15, 0.2) is 0 Å². The third-order valence-corrected chi connectivity index (χ3v) is 4.68. The Morgan fingerprint density at radius 1 is 1.12 bits per heavy atom. The average Bonchev–Trinajstić information content (AvgIpc) is 2.41. The van der Waals surface area contributed by atoms with Gasteiger partial charge in [-0.1, -0.05) is 0 Å². The molecule has 0 aromatic carbocycles. The van der Waals surface area contributed by atoms with Crippen LogP contribution in [-0.4, -0.2) is 73.0 Å². The van der Waals surface area contributed by atoms with Crippen molar-refractivity contribution >= 4 is 0 Å². The number of aliphatic hydroxyl groups excluding tert-OH is 1. The van der Waals surface area contributed by atoms with Gasteiger partial charge in [0.1, 0.15) is 0 Å². The van der Waals surface area contributed by atoms with Gasteiger partial charge in [0.05, 0.1) is 6.10 Å². The van der Waals surface area contributed by atoms with Crippen molar-refractivity contribution in [3.05, 3.63) is 0 Å². The van der Waals surface area contributed by atoms with Crippen LogP contribution < -0.4 is 0 Å². The number of nitrogens with zero attached hydrogens (tertiary/aromatic N) is 2. The Labute approximate surface area is 104 Å². The van der Waals surface area contributed by atoms with Crippen molar-refractivity contribution in [1.82, 2.24) is 9.80 Å². The Morgan fingerprint density at radius 2 is 1.82 bits per heavy atom. The van der Waals surface area contributed by atoms with E-state index in [4.69, 9.17) is 4.74 Å². The van der Waals surface area contributed by atoms with E-state index >= 15 is 0 Å². The minimum atomic E-state index is -0.138. The van der Waals surface area contributed by atoms with Crippen molar-refractivity contribution < 1.29 is 9.84 Å². The number of fused-ring (bicyclic) bond motifs is 3. The lowest BCUT2D eigenvalue weighted by molar-refractivity contribution is -0.0577. The van der Waals surface area contributed by atoms with E-state index < -0.39 is 0 Å². The minimum Gasteiger partial charge on any atom is -0.391 e. The Bertz CT molecular complexity index is 248. The highest BCUT2D eigenvalue weighted by Gasteiger charge is 2.36. The molecule has 0 radical (unpaired) electrons. The van der Waals surface area contributed by atoms with Crippen molar-refractivity contribution in [3.63, 3.8) is 0 Å². The van der Waals surface area contributed by atoms with E-state index in [1.54, 1.807) is 0 Å². The zero-order valence-electron chi connectivity index (χ0n) is 10.6. The molecule has 0 aromatic rings. The van der Waals surface area contributed by atoms with Gasteiger partial charge in [0.25, 0.3) is 0 Å². The van der Waals surface area contributed by atoms with Crippen LogP contribution in [0.3, 0.4) is 0 Å². The van der Waals surface area contributed by atoms with Gasteiger partial charge < -0.3 is 9.84 Å². The Kier molecular flexibility index (Phi) is 3.66. The Hall–Kier alpha value is -0.160. The smallest absolute Gasteiger partial charge is 0.0710 e. The van der Waals surface area contributed by atoms with Crippen molar-refractivity contribution in [1.29, 1.82) is 0 Å². The molecule has 0 spiro atoms. The summed E-state index contributed by atoms with van der Waals surface area (Å²) < 4.78 is 5.38. The normalized spacial score (nSPS) is 40.4. The van der Waals surface area contributed by atoms with Crippen molar-refractivity contribution in [2.24, 2.45) is 5.92 Å². The number of hydrogen-bond acceptors (Lipinski definition) is 4. The fourth-order valence-corrected chi connectivity index (χ4v) is 3.50. The van der Waals surface area contributed by atoms with Crippen LogP contribution in [0.1, 0.15) is 19.3 Å². The first-order valence-electron chi connectivity index (χ1n) is 7.05. The highest BCUT2D eigenvalue weighted by atomic mass is 16.5. The van der Waals surface area contributed by atoms with Gasteiger partial charge in [-0.25, -0.2) is 0 Å². The summed E-state index contributed by atoms with van der Waals surface area (Å²) in [5.41, 5.74) is 0. The maximum atomic E-state index is 10.4. The molecule has 2 bridgehead atoms. The second-order valence-electron chi connectivity index (χ2n) is 5.76. The number of hydrogen-bond donors (Lipinski definition) is 1. The molecule has 4 heterocycles. The molecule has 4 aliphatic heterocycles. The molecule has 98 valence electrons. The highest BCUT2D eigenvalue weighted by molar-refractivity contribution is 4.92. The van der Waals surface area contributed by atoms with Gasteiger partial charge in [0.2, 0.25) is 0 Å². The second-order valence-corrected chi connectivity index (χ2v) is 5.76. The Morgan fingerprint density at radius 3 is 2.41 bits per heavy atom. The third kappa shape index (κ3) is 2.65. The molecular formula is C13H24N2O2. The van der Waals surface area contributed by atoms with E-state index in [1.807, 2.05) is 0 Å². The summed E-state index contributed by atoms with van der Waals surface area (Å²) >= 11 is 0. The van der Waals surface area contributed by atoms with E-state index in [0.29, 0.717) is 12.0 Å². The molecule has 2 atom stereocenters. The minimum absolute atomic E-state index is 0.138. The summed E-state index contributed by atoms with van der Waals surface area (Å²) in [4.78, 5) is 4.99. The third-order valence-electron chi connectivity index (χ3n) is 4.68. The second kappa shape index (κ2) is 5.22. The molecule has 0 amide bonds. The molecule has 2 unspecified atom stereocenters. The van der Waals surface area contributed by atoms with Gasteiger partial charge in [0, 0.05) is 52.0 Å². The topological polar surface area (TPSA) is 35.9 Å². The van der Waals surface area contributed by atoms with Gasteiger partial charge >= 0.3 is 0 Å². The standard InChI is InChI=1S/C13H24N2O2/c16-13(9-11-1-7-17-8-2-11)12-10-14-3-5-15(12)6-4-14/h11-13,16H,1-10H2. The van der Waals surface area contributed by atoms with Gasteiger partial charge in [-0.15, -0.1) is 0 Å². The number of piperazine rings is 3. The quantitative estimate of drug-likeness (QED) is 0.762. The average molecular weight is 240 g/mol. The van der Waals surface area contributed by atoms with E-state index in [1.165, 1.54) is 13.1 Å². The highest BCUT2D eigenvalue weighted by Crippen LogP contribution is 2.25. The van der Waals surface area contributed by atoms with Crippen molar-refractivity contribution in [2.45, 2.75) is 31.4 Å². The predicted molar refractivity (Wildman–Crippen MR) is 66.0 cm³/mol. The summed E-state index contributed by atoms with van der Waals surface area (Å²) in [5.74, 6) is 0.676. The van der Waals surface area contributed by atoms with Crippen LogP contribution in [0.25, 0.3) is 0 Å². The number of ether oxygens (including phenoxy) is 1. The lowest BCUT2D eigenvalue weighted by atomic mass is 9.89. The first-order chi connectivity index (χ1) is 8.33. The van der Waals surface area contributed by atoms with Gasteiger partial charge in [-0.05, 0) is 25.2 Å². The molecule has 0 aliphatic carbocycles. The lowest BCUT2D eigenvalue weighted by Gasteiger charge is -2.49. The molecule has 4 heteroatoms. The van der Waals surface area contributed by atoms with Crippen LogP contribution in [0.4, 0.5) is 0 Å². The van der Waals surface area contributed by atoms with Gasteiger partial charge in [-0.2, -0.15) is 0 Å². The van der Waals surface area contributed by atoms with Crippen LogP contribution in [0.15, 0.2) is 0 Å². The number of aliphatic hydroxyl groups is 1. The van der Waals surface area contributed by atoms with Crippen LogP contribution in [-0.2, 0) is 4.74 Å². The van der Waals surface area contributed by atoms with E-state index in [-0.39, 0.29) is 6.10 Å². The molecule has 0 aromatic heterocycles. The summed E-state index contributed by atoms with van der Waals surface area (Å²) in [5, 5.41) is 10.4. The van der Waals surface area contributed by atoms with E-state index in [9.17, 15) is 5.11 Å². The lowest BCUT2D eigenvalue weighted by Crippen LogP contribution is -2.64. The summed E-state index contributed by atoms with van der Waals surface area (Å²) in [6.07, 6.45) is 3.10. The van der Waals surface area contributed by atoms with Crippen molar-refractivity contribution in [2.75, 3.05) is 45.9 Å². The molecule has 4 rings (SSSR count). The largest absolute Gasteiger partial charge is 0.391 e. The van der Waals surface area contributed by atoms with Crippen LogP contribution >= 0.6 is 0 Å². The van der Waals surface area contributed by atoms with E-state index in [2.05, 4.69) is 9.80 Å². The molecule has 4 fully saturated rings.